The van der Waals surface area contributed by atoms with Crippen LogP contribution in [0, 0.1) is 6.92 Å². The second kappa shape index (κ2) is 5.35. The maximum atomic E-state index is 11.8. The van der Waals surface area contributed by atoms with Gasteiger partial charge in [-0.05, 0) is 18.6 Å². The number of hydrogen-bond acceptors (Lipinski definition) is 3. The molecule has 2 aromatic rings. The first-order valence-electron chi connectivity index (χ1n) is 5.72. The average Bonchev–Trinajstić information content (AvgIpc) is 2.85. The Kier molecular flexibility index (Phi) is 3.62. The van der Waals surface area contributed by atoms with E-state index < -0.39 is 0 Å². The molecule has 0 aliphatic rings. The minimum Gasteiger partial charge on any atom is -0.507 e. The normalized spacial score (nSPS) is 10.3. The van der Waals surface area contributed by atoms with Gasteiger partial charge in [0.05, 0.1) is 11.9 Å². The standard InChI is InChI=1S/C13H15N3O2/c1-9-3-2-4-11(12(9)17)13(18)15-6-5-10-7-14-8-16-10/h2-4,7-8,17H,5-6H2,1H3,(H,14,16)(H,15,18). The largest absolute Gasteiger partial charge is 0.507 e. The SMILES string of the molecule is Cc1cccc(C(=O)NCCc2cnc[nH]2)c1O. The summed E-state index contributed by atoms with van der Waals surface area (Å²) < 4.78 is 0. The summed E-state index contributed by atoms with van der Waals surface area (Å²) >= 11 is 0. The van der Waals surface area contributed by atoms with Gasteiger partial charge in [-0.2, -0.15) is 0 Å². The molecule has 18 heavy (non-hydrogen) atoms. The molecule has 0 aliphatic carbocycles. The lowest BCUT2D eigenvalue weighted by molar-refractivity contribution is 0.0951. The minimum absolute atomic E-state index is 0.0385. The molecule has 3 N–H and O–H groups in total. The van der Waals surface area contributed by atoms with Gasteiger partial charge in [-0.1, -0.05) is 12.1 Å². The number of imidazole rings is 1. The molecule has 0 unspecified atom stereocenters. The summed E-state index contributed by atoms with van der Waals surface area (Å²) in [5.41, 5.74) is 1.96. The predicted octanol–water partition coefficient (Wildman–Crippen LogP) is 1.40. The maximum absolute atomic E-state index is 11.8. The molecule has 0 aliphatic heterocycles. The van der Waals surface area contributed by atoms with Crippen molar-refractivity contribution in [3.8, 4) is 5.75 Å². The monoisotopic (exact) mass is 245 g/mol. The van der Waals surface area contributed by atoms with E-state index in [0.717, 1.165) is 5.69 Å². The number of nitrogens with zero attached hydrogens (tertiary/aromatic N) is 1. The average molecular weight is 245 g/mol. The zero-order valence-electron chi connectivity index (χ0n) is 10.1. The van der Waals surface area contributed by atoms with Crippen LogP contribution in [0.2, 0.25) is 0 Å². The van der Waals surface area contributed by atoms with E-state index in [1.54, 1.807) is 37.6 Å². The van der Waals surface area contributed by atoms with E-state index in [1.807, 2.05) is 0 Å². The Morgan fingerprint density at radius 3 is 3.06 bits per heavy atom. The van der Waals surface area contributed by atoms with Crippen molar-refractivity contribution in [2.75, 3.05) is 6.54 Å². The fourth-order valence-electron chi connectivity index (χ4n) is 1.67. The molecule has 0 saturated carbocycles. The van der Waals surface area contributed by atoms with Gasteiger partial charge in [0.1, 0.15) is 5.75 Å². The molecular formula is C13H15N3O2. The molecule has 1 aromatic heterocycles. The highest BCUT2D eigenvalue weighted by molar-refractivity contribution is 5.97. The number of amides is 1. The number of carbonyl (C=O) groups is 1. The van der Waals surface area contributed by atoms with Crippen LogP contribution in [0.4, 0.5) is 0 Å². The Labute approximate surface area is 105 Å². The fraction of sp³-hybridized carbons (Fsp3) is 0.231. The molecule has 1 aromatic carbocycles. The van der Waals surface area contributed by atoms with Gasteiger partial charge in [-0.3, -0.25) is 4.79 Å². The molecule has 0 fully saturated rings. The van der Waals surface area contributed by atoms with Crippen molar-refractivity contribution >= 4 is 5.91 Å². The van der Waals surface area contributed by atoms with Gasteiger partial charge >= 0.3 is 0 Å². The lowest BCUT2D eigenvalue weighted by atomic mass is 10.1. The number of carbonyl (C=O) groups excluding carboxylic acids is 1. The molecule has 0 atom stereocenters. The zero-order valence-corrected chi connectivity index (χ0v) is 10.1. The van der Waals surface area contributed by atoms with Crippen LogP contribution in [0.25, 0.3) is 0 Å². The molecule has 0 saturated heterocycles. The first-order chi connectivity index (χ1) is 8.68. The Bertz CT molecular complexity index is 535. The highest BCUT2D eigenvalue weighted by Gasteiger charge is 2.11. The van der Waals surface area contributed by atoms with Crippen molar-refractivity contribution in [1.82, 2.24) is 15.3 Å². The fourth-order valence-corrected chi connectivity index (χ4v) is 1.67. The molecule has 1 heterocycles. The molecule has 0 radical (unpaired) electrons. The van der Waals surface area contributed by atoms with Crippen LogP contribution in [0.3, 0.4) is 0 Å². The van der Waals surface area contributed by atoms with E-state index in [4.69, 9.17) is 0 Å². The summed E-state index contributed by atoms with van der Waals surface area (Å²) in [6.07, 6.45) is 4.00. The third kappa shape index (κ3) is 2.68. The second-order valence-electron chi connectivity index (χ2n) is 4.05. The molecule has 5 nitrogen and oxygen atoms in total. The topological polar surface area (TPSA) is 78.0 Å². The summed E-state index contributed by atoms with van der Waals surface area (Å²) in [7, 11) is 0. The molecule has 0 spiro atoms. The number of aryl methyl sites for hydroxylation is 1. The number of aromatic amines is 1. The summed E-state index contributed by atoms with van der Waals surface area (Å²) in [5, 5.41) is 12.5. The summed E-state index contributed by atoms with van der Waals surface area (Å²) in [6.45, 7) is 2.26. The van der Waals surface area contributed by atoms with E-state index in [0.29, 0.717) is 24.1 Å². The van der Waals surface area contributed by atoms with E-state index in [2.05, 4.69) is 15.3 Å². The molecule has 94 valence electrons. The number of para-hydroxylation sites is 1. The lowest BCUT2D eigenvalue weighted by Gasteiger charge is -2.07. The van der Waals surface area contributed by atoms with Gasteiger partial charge in [-0.15, -0.1) is 0 Å². The van der Waals surface area contributed by atoms with Gasteiger partial charge in [0, 0.05) is 24.9 Å². The van der Waals surface area contributed by atoms with Crippen LogP contribution in [-0.2, 0) is 6.42 Å². The summed E-state index contributed by atoms with van der Waals surface area (Å²) in [4.78, 5) is 18.7. The number of rotatable bonds is 4. The number of aromatic hydroxyl groups is 1. The highest BCUT2D eigenvalue weighted by Crippen LogP contribution is 2.20. The Morgan fingerprint density at radius 1 is 1.50 bits per heavy atom. The van der Waals surface area contributed by atoms with Crippen molar-refractivity contribution in [2.45, 2.75) is 13.3 Å². The van der Waals surface area contributed by atoms with Crippen molar-refractivity contribution in [2.24, 2.45) is 0 Å². The van der Waals surface area contributed by atoms with E-state index in [9.17, 15) is 9.90 Å². The number of benzene rings is 1. The van der Waals surface area contributed by atoms with Crippen molar-refractivity contribution in [3.63, 3.8) is 0 Å². The van der Waals surface area contributed by atoms with Gasteiger partial charge in [0.15, 0.2) is 0 Å². The van der Waals surface area contributed by atoms with Crippen LogP contribution in [0.15, 0.2) is 30.7 Å². The van der Waals surface area contributed by atoms with Gasteiger partial charge in [0.2, 0.25) is 0 Å². The number of aromatic nitrogens is 2. The summed E-state index contributed by atoms with van der Waals surface area (Å²) in [5.74, 6) is -0.229. The van der Waals surface area contributed by atoms with Crippen LogP contribution in [-0.4, -0.2) is 27.5 Å². The van der Waals surface area contributed by atoms with E-state index in [1.165, 1.54) is 0 Å². The van der Waals surface area contributed by atoms with Crippen LogP contribution < -0.4 is 5.32 Å². The summed E-state index contributed by atoms with van der Waals surface area (Å²) in [6, 6.07) is 5.11. The van der Waals surface area contributed by atoms with Crippen molar-refractivity contribution in [3.05, 3.63) is 47.5 Å². The van der Waals surface area contributed by atoms with Crippen molar-refractivity contribution < 1.29 is 9.90 Å². The number of phenolic OH excluding ortho intramolecular Hbond substituents is 1. The lowest BCUT2D eigenvalue weighted by Crippen LogP contribution is -2.25. The Hall–Kier alpha value is -2.30. The molecule has 1 amide bonds. The van der Waals surface area contributed by atoms with Crippen molar-refractivity contribution in [1.29, 1.82) is 0 Å². The van der Waals surface area contributed by atoms with Gasteiger partial charge in [0.25, 0.3) is 5.91 Å². The smallest absolute Gasteiger partial charge is 0.255 e. The molecule has 5 heteroatoms. The number of nitrogens with one attached hydrogen (secondary N) is 2. The molecule has 2 rings (SSSR count). The first-order valence-corrected chi connectivity index (χ1v) is 5.72. The predicted molar refractivity (Wildman–Crippen MR) is 67.5 cm³/mol. The minimum atomic E-state index is -0.268. The number of H-pyrrole nitrogens is 1. The maximum Gasteiger partial charge on any atom is 0.255 e. The van der Waals surface area contributed by atoms with Gasteiger partial charge in [-0.25, -0.2) is 4.98 Å². The zero-order chi connectivity index (χ0) is 13.0. The van der Waals surface area contributed by atoms with Crippen LogP contribution in [0.1, 0.15) is 21.6 Å². The molecule has 0 bridgehead atoms. The first kappa shape index (κ1) is 12.2. The number of hydrogen-bond donors (Lipinski definition) is 3. The Morgan fingerprint density at radius 2 is 2.33 bits per heavy atom. The van der Waals surface area contributed by atoms with Crippen LogP contribution >= 0.6 is 0 Å². The third-order valence-electron chi connectivity index (χ3n) is 2.72. The molecular weight excluding hydrogens is 230 g/mol. The Balaban J connectivity index is 1.93. The highest BCUT2D eigenvalue weighted by atomic mass is 16.3. The van der Waals surface area contributed by atoms with Gasteiger partial charge < -0.3 is 15.4 Å². The second-order valence-corrected chi connectivity index (χ2v) is 4.05. The third-order valence-corrected chi connectivity index (χ3v) is 2.72. The van der Waals surface area contributed by atoms with E-state index in [-0.39, 0.29) is 11.7 Å². The van der Waals surface area contributed by atoms with E-state index >= 15 is 0 Å². The quantitative estimate of drug-likeness (QED) is 0.761. The van der Waals surface area contributed by atoms with Crippen LogP contribution in [0.5, 0.6) is 5.75 Å². The number of phenols is 1.